The Kier molecular flexibility index (Phi) is 2.97. The summed E-state index contributed by atoms with van der Waals surface area (Å²) in [5.41, 5.74) is 2.50. The molecule has 2 heterocycles. The molecule has 0 unspecified atom stereocenters. The van der Waals surface area contributed by atoms with Crippen LogP contribution in [-0.2, 0) is 6.42 Å². The minimum absolute atomic E-state index is 0.950. The fourth-order valence-corrected chi connectivity index (χ4v) is 2.30. The van der Waals surface area contributed by atoms with E-state index in [1.165, 1.54) is 18.5 Å². The van der Waals surface area contributed by atoms with Gasteiger partial charge in [0.2, 0.25) is 0 Å². The standard InChI is InChI=1S/C9H8I2N2/c10-6-1-8(12-4-6)3-9-2-7(11)5-13-9/h1-2,4-5,12-13H,3H2. The van der Waals surface area contributed by atoms with Gasteiger partial charge >= 0.3 is 0 Å². The maximum absolute atomic E-state index is 3.23. The van der Waals surface area contributed by atoms with Crippen molar-refractivity contribution in [2.24, 2.45) is 0 Å². The van der Waals surface area contributed by atoms with Gasteiger partial charge in [0.15, 0.2) is 0 Å². The van der Waals surface area contributed by atoms with Crippen LogP contribution in [0.15, 0.2) is 24.5 Å². The number of hydrogen-bond donors (Lipinski definition) is 2. The Hall–Kier alpha value is 0.0200. The fraction of sp³-hybridized carbons (Fsp3) is 0.111. The molecule has 0 aliphatic carbocycles. The van der Waals surface area contributed by atoms with Crippen molar-refractivity contribution >= 4 is 45.2 Å². The van der Waals surface area contributed by atoms with Crippen molar-refractivity contribution in [1.29, 1.82) is 0 Å². The number of H-pyrrole nitrogens is 2. The highest BCUT2D eigenvalue weighted by Crippen LogP contribution is 2.12. The summed E-state index contributed by atoms with van der Waals surface area (Å²) in [6.07, 6.45) is 4.99. The molecule has 0 atom stereocenters. The van der Waals surface area contributed by atoms with Gasteiger partial charge in [-0.25, -0.2) is 0 Å². The third-order valence-electron chi connectivity index (χ3n) is 1.80. The van der Waals surface area contributed by atoms with Gasteiger partial charge in [-0.3, -0.25) is 0 Å². The van der Waals surface area contributed by atoms with Gasteiger partial charge in [-0.15, -0.1) is 0 Å². The lowest BCUT2D eigenvalue weighted by molar-refractivity contribution is 1.05. The van der Waals surface area contributed by atoms with E-state index in [2.05, 4.69) is 67.3 Å². The van der Waals surface area contributed by atoms with Gasteiger partial charge in [-0.05, 0) is 57.3 Å². The first-order valence-electron chi connectivity index (χ1n) is 3.89. The number of hydrogen-bond acceptors (Lipinski definition) is 0. The molecule has 0 radical (unpaired) electrons. The topological polar surface area (TPSA) is 31.6 Å². The number of aromatic nitrogens is 2. The molecule has 0 bridgehead atoms. The van der Waals surface area contributed by atoms with Gasteiger partial charge in [0.05, 0.1) is 0 Å². The molecular weight excluding hydrogens is 390 g/mol. The van der Waals surface area contributed by atoms with E-state index >= 15 is 0 Å². The minimum atomic E-state index is 0.950. The summed E-state index contributed by atoms with van der Waals surface area (Å²) >= 11 is 4.61. The number of aromatic amines is 2. The molecule has 4 heteroatoms. The monoisotopic (exact) mass is 398 g/mol. The Labute approximate surface area is 104 Å². The van der Waals surface area contributed by atoms with Crippen LogP contribution in [-0.4, -0.2) is 9.97 Å². The van der Waals surface area contributed by atoms with Crippen molar-refractivity contribution in [2.75, 3.05) is 0 Å². The largest absolute Gasteiger partial charge is 0.364 e. The molecule has 0 saturated heterocycles. The van der Waals surface area contributed by atoms with Gasteiger partial charge in [0.1, 0.15) is 0 Å². The summed E-state index contributed by atoms with van der Waals surface area (Å²) in [6.45, 7) is 0. The third-order valence-corrected chi connectivity index (χ3v) is 3.04. The lowest BCUT2D eigenvalue weighted by atomic mass is 10.2. The van der Waals surface area contributed by atoms with Gasteiger partial charge < -0.3 is 9.97 Å². The molecule has 2 aromatic heterocycles. The van der Waals surface area contributed by atoms with Crippen LogP contribution in [0.2, 0.25) is 0 Å². The van der Waals surface area contributed by atoms with Gasteiger partial charge in [-0.2, -0.15) is 0 Å². The summed E-state index contributed by atoms with van der Waals surface area (Å²) in [5, 5.41) is 0. The van der Waals surface area contributed by atoms with Crippen LogP contribution < -0.4 is 0 Å². The maximum Gasteiger partial charge on any atom is 0.0307 e. The second kappa shape index (κ2) is 4.04. The Morgan fingerprint density at radius 1 is 0.923 bits per heavy atom. The second-order valence-electron chi connectivity index (χ2n) is 2.86. The van der Waals surface area contributed by atoms with Crippen LogP contribution in [0, 0.1) is 7.14 Å². The van der Waals surface area contributed by atoms with Gasteiger partial charge in [-0.1, -0.05) is 0 Å². The van der Waals surface area contributed by atoms with E-state index in [0.717, 1.165) is 6.42 Å². The predicted molar refractivity (Wildman–Crippen MR) is 69.8 cm³/mol. The molecule has 0 aliphatic heterocycles. The van der Waals surface area contributed by atoms with E-state index in [0.29, 0.717) is 0 Å². The molecular formula is C9H8I2N2. The molecule has 0 spiro atoms. The van der Waals surface area contributed by atoms with Gasteiger partial charge in [0, 0.05) is 37.3 Å². The van der Waals surface area contributed by atoms with Crippen LogP contribution in [0.25, 0.3) is 0 Å². The highest BCUT2D eigenvalue weighted by molar-refractivity contribution is 14.1. The number of halogens is 2. The lowest BCUT2D eigenvalue weighted by Gasteiger charge is -1.92. The van der Waals surface area contributed by atoms with Crippen LogP contribution in [0.1, 0.15) is 11.4 Å². The molecule has 0 saturated carbocycles. The zero-order valence-corrected chi connectivity index (χ0v) is 11.1. The summed E-state index contributed by atoms with van der Waals surface area (Å²) in [6, 6.07) is 4.32. The Balaban J connectivity index is 2.14. The summed E-state index contributed by atoms with van der Waals surface area (Å²) in [7, 11) is 0. The lowest BCUT2D eigenvalue weighted by Crippen LogP contribution is -1.86. The van der Waals surface area contributed by atoms with E-state index in [1.807, 2.05) is 12.4 Å². The van der Waals surface area contributed by atoms with Crippen LogP contribution in [0.5, 0.6) is 0 Å². The quantitative estimate of drug-likeness (QED) is 0.729. The molecule has 2 nitrogen and oxygen atoms in total. The molecule has 0 fully saturated rings. The first kappa shape index (κ1) is 9.57. The summed E-state index contributed by atoms with van der Waals surface area (Å²) in [4.78, 5) is 6.47. The average molecular weight is 398 g/mol. The van der Waals surface area contributed by atoms with E-state index in [1.54, 1.807) is 0 Å². The predicted octanol–water partition coefficient (Wildman–Crippen LogP) is 3.14. The zero-order valence-electron chi connectivity index (χ0n) is 6.77. The second-order valence-corrected chi connectivity index (χ2v) is 5.35. The van der Waals surface area contributed by atoms with Crippen molar-refractivity contribution in [3.63, 3.8) is 0 Å². The molecule has 68 valence electrons. The zero-order chi connectivity index (χ0) is 9.26. The Morgan fingerprint density at radius 3 is 1.69 bits per heavy atom. The van der Waals surface area contributed by atoms with Crippen molar-refractivity contribution in [2.45, 2.75) is 6.42 Å². The normalized spacial score (nSPS) is 10.6. The summed E-state index contributed by atoms with van der Waals surface area (Å²) in [5.74, 6) is 0. The van der Waals surface area contributed by atoms with E-state index < -0.39 is 0 Å². The van der Waals surface area contributed by atoms with Crippen LogP contribution in [0.4, 0.5) is 0 Å². The first-order chi connectivity index (χ1) is 6.24. The molecule has 0 amide bonds. The molecule has 0 aromatic carbocycles. The highest BCUT2D eigenvalue weighted by atomic mass is 127. The van der Waals surface area contributed by atoms with E-state index in [4.69, 9.17) is 0 Å². The molecule has 2 rings (SSSR count). The molecule has 13 heavy (non-hydrogen) atoms. The van der Waals surface area contributed by atoms with Crippen LogP contribution in [0.3, 0.4) is 0 Å². The number of rotatable bonds is 2. The smallest absolute Gasteiger partial charge is 0.0307 e. The molecule has 2 N–H and O–H groups in total. The average Bonchev–Trinajstić information content (AvgIpc) is 2.62. The van der Waals surface area contributed by atoms with E-state index in [-0.39, 0.29) is 0 Å². The fourth-order valence-electron chi connectivity index (χ4n) is 1.23. The molecule has 0 aliphatic rings. The first-order valence-corrected chi connectivity index (χ1v) is 6.05. The third kappa shape index (κ3) is 2.49. The van der Waals surface area contributed by atoms with Crippen molar-refractivity contribution < 1.29 is 0 Å². The van der Waals surface area contributed by atoms with Crippen molar-refractivity contribution in [1.82, 2.24) is 9.97 Å². The minimum Gasteiger partial charge on any atom is -0.364 e. The number of nitrogens with one attached hydrogen (secondary N) is 2. The molecule has 2 aromatic rings. The van der Waals surface area contributed by atoms with Crippen LogP contribution >= 0.6 is 45.2 Å². The maximum atomic E-state index is 3.23. The van der Waals surface area contributed by atoms with E-state index in [9.17, 15) is 0 Å². The Morgan fingerprint density at radius 2 is 1.38 bits per heavy atom. The van der Waals surface area contributed by atoms with Crippen molar-refractivity contribution in [3.8, 4) is 0 Å². The highest BCUT2D eigenvalue weighted by Gasteiger charge is 2.00. The van der Waals surface area contributed by atoms with Gasteiger partial charge in [0.25, 0.3) is 0 Å². The Bertz CT molecular complexity index is 365. The van der Waals surface area contributed by atoms with Crippen molar-refractivity contribution in [3.05, 3.63) is 43.1 Å². The summed E-state index contributed by atoms with van der Waals surface area (Å²) < 4.78 is 2.52. The SMILES string of the molecule is Ic1c[nH]c(Cc2cc(I)c[nH]2)c1.